The van der Waals surface area contributed by atoms with E-state index >= 15 is 0 Å². The van der Waals surface area contributed by atoms with Gasteiger partial charge in [0.2, 0.25) is 0 Å². The topological polar surface area (TPSA) is 29.5 Å². The molecule has 1 N–H and O–H groups in total. The zero-order valence-electron chi connectivity index (χ0n) is 5.72. The predicted molar refractivity (Wildman–Crippen MR) is 32.5 cm³/mol. The van der Waals surface area contributed by atoms with Gasteiger partial charge >= 0.3 is 0 Å². The molecule has 0 saturated heterocycles. The fourth-order valence-electron chi connectivity index (χ4n) is 0.332. The van der Waals surface area contributed by atoms with Crippen molar-refractivity contribution < 1.29 is 9.84 Å². The molecule has 50 valence electrons. The summed E-state index contributed by atoms with van der Waals surface area (Å²) in [6.45, 7) is 6.34. The molecule has 2 nitrogen and oxygen atoms in total. The van der Waals surface area contributed by atoms with Crippen molar-refractivity contribution >= 4 is 0 Å². The van der Waals surface area contributed by atoms with Crippen molar-refractivity contribution in [2.75, 3.05) is 6.61 Å². The first kappa shape index (κ1) is 7.92. The first-order valence-electron chi connectivity index (χ1n) is 2.92. The molecule has 0 aromatic carbocycles. The molecule has 0 fully saturated rings. The number of hydrogen-bond donors (Lipinski definition) is 1. The average Bonchev–Trinajstić information content (AvgIpc) is 1.61. The molecule has 0 rings (SSSR count). The summed E-state index contributed by atoms with van der Waals surface area (Å²) < 4.78 is 4.86. The minimum absolute atomic E-state index is 0.504. The van der Waals surface area contributed by atoms with Gasteiger partial charge in [0, 0.05) is 0 Å². The molecule has 0 heterocycles. The Morgan fingerprint density at radius 1 is 1.38 bits per heavy atom. The fraction of sp³-hybridized carbons (Fsp3) is 1.00. The van der Waals surface area contributed by atoms with Crippen LogP contribution >= 0.6 is 0 Å². The zero-order valence-corrected chi connectivity index (χ0v) is 5.72. The molecule has 0 aromatic rings. The molecule has 0 spiro atoms. The lowest BCUT2D eigenvalue weighted by atomic mass is 10.2. The summed E-state index contributed by atoms with van der Waals surface area (Å²) in [4.78, 5) is 0. The van der Waals surface area contributed by atoms with E-state index in [1.54, 1.807) is 6.92 Å². The third kappa shape index (κ3) is 5.92. The lowest BCUT2D eigenvalue weighted by Crippen LogP contribution is -2.10. The van der Waals surface area contributed by atoms with Gasteiger partial charge in [0.15, 0.2) is 6.29 Å². The Balaban J connectivity index is 2.93. The third-order valence-corrected chi connectivity index (χ3v) is 0.671. The van der Waals surface area contributed by atoms with E-state index in [2.05, 4.69) is 0 Å². The summed E-state index contributed by atoms with van der Waals surface area (Å²) in [5.74, 6) is 0.504. The van der Waals surface area contributed by atoms with E-state index in [9.17, 15) is 0 Å². The van der Waals surface area contributed by atoms with Crippen molar-refractivity contribution in [2.24, 2.45) is 5.92 Å². The Labute approximate surface area is 50.5 Å². The van der Waals surface area contributed by atoms with Crippen LogP contribution in [0.4, 0.5) is 0 Å². The van der Waals surface area contributed by atoms with Gasteiger partial charge in [-0.15, -0.1) is 0 Å². The first-order chi connectivity index (χ1) is 3.63. The summed E-state index contributed by atoms with van der Waals surface area (Å²) >= 11 is 0. The van der Waals surface area contributed by atoms with E-state index in [4.69, 9.17) is 9.84 Å². The van der Waals surface area contributed by atoms with Gasteiger partial charge < -0.3 is 9.84 Å². The van der Waals surface area contributed by atoms with Gasteiger partial charge in [-0.1, -0.05) is 13.8 Å². The quantitative estimate of drug-likeness (QED) is 0.560. The summed E-state index contributed by atoms with van der Waals surface area (Å²) in [5, 5.41) is 8.58. The van der Waals surface area contributed by atoms with Crippen molar-refractivity contribution in [2.45, 2.75) is 27.1 Å². The standard InChI is InChI=1S/C6H14O2/c1-5(2)4-8-6(3)7/h5-7H,4H2,1-3H3. The molecule has 0 aliphatic carbocycles. The highest BCUT2D eigenvalue weighted by molar-refractivity contribution is 4.38. The second-order valence-corrected chi connectivity index (χ2v) is 2.33. The minimum Gasteiger partial charge on any atom is -0.368 e. The van der Waals surface area contributed by atoms with Crippen LogP contribution in [0.1, 0.15) is 20.8 Å². The van der Waals surface area contributed by atoms with E-state index < -0.39 is 6.29 Å². The van der Waals surface area contributed by atoms with E-state index in [1.807, 2.05) is 13.8 Å². The summed E-state index contributed by atoms with van der Waals surface area (Å²) in [6.07, 6.45) is -0.614. The maximum absolute atomic E-state index is 8.58. The molecule has 0 amide bonds. The van der Waals surface area contributed by atoms with Crippen LogP contribution in [0, 0.1) is 5.92 Å². The van der Waals surface area contributed by atoms with Crippen molar-refractivity contribution in [3.63, 3.8) is 0 Å². The van der Waals surface area contributed by atoms with Gasteiger partial charge in [-0.05, 0) is 12.8 Å². The Kier molecular flexibility index (Phi) is 3.83. The van der Waals surface area contributed by atoms with E-state index in [0.29, 0.717) is 12.5 Å². The van der Waals surface area contributed by atoms with Gasteiger partial charge in [-0.3, -0.25) is 0 Å². The molecule has 0 aromatic heterocycles. The van der Waals surface area contributed by atoms with Crippen LogP contribution in [0.25, 0.3) is 0 Å². The van der Waals surface area contributed by atoms with Gasteiger partial charge in [-0.25, -0.2) is 0 Å². The van der Waals surface area contributed by atoms with Crippen molar-refractivity contribution in [1.82, 2.24) is 0 Å². The monoisotopic (exact) mass is 118 g/mol. The van der Waals surface area contributed by atoms with Crippen LogP contribution in [0.5, 0.6) is 0 Å². The molecule has 0 aliphatic heterocycles. The summed E-state index contributed by atoms with van der Waals surface area (Å²) in [6, 6.07) is 0. The van der Waals surface area contributed by atoms with E-state index in [1.165, 1.54) is 0 Å². The molecule has 2 heteroatoms. The van der Waals surface area contributed by atoms with E-state index in [0.717, 1.165) is 0 Å². The minimum atomic E-state index is -0.614. The lowest BCUT2D eigenvalue weighted by molar-refractivity contribution is -0.0932. The second kappa shape index (κ2) is 3.87. The molecule has 0 bridgehead atoms. The lowest BCUT2D eigenvalue weighted by Gasteiger charge is -2.07. The second-order valence-electron chi connectivity index (χ2n) is 2.33. The average molecular weight is 118 g/mol. The number of aliphatic hydroxyl groups is 1. The van der Waals surface area contributed by atoms with Crippen LogP contribution in [-0.2, 0) is 4.74 Å². The predicted octanol–water partition coefficient (Wildman–Crippen LogP) is 0.997. The maximum Gasteiger partial charge on any atom is 0.151 e. The number of hydrogen-bond acceptors (Lipinski definition) is 2. The van der Waals surface area contributed by atoms with Crippen LogP contribution in [0.2, 0.25) is 0 Å². The Hall–Kier alpha value is -0.0800. The molecule has 8 heavy (non-hydrogen) atoms. The maximum atomic E-state index is 8.58. The SMILES string of the molecule is CC(C)COC(C)O. The molecule has 0 saturated carbocycles. The Morgan fingerprint density at radius 2 is 1.88 bits per heavy atom. The highest BCUT2D eigenvalue weighted by Gasteiger charge is 1.95. The van der Waals surface area contributed by atoms with Crippen molar-refractivity contribution in [1.29, 1.82) is 0 Å². The van der Waals surface area contributed by atoms with Gasteiger partial charge in [-0.2, -0.15) is 0 Å². The molecule has 0 aliphatic rings. The van der Waals surface area contributed by atoms with Crippen LogP contribution < -0.4 is 0 Å². The number of rotatable bonds is 3. The zero-order chi connectivity index (χ0) is 6.57. The summed E-state index contributed by atoms with van der Waals surface area (Å²) in [7, 11) is 0. The fourth-order valence-corrected chi connectivity index (χ4v) is 0.332. The Bertz CT molecular complexity index is 42.5. The molecular weight excluding hydrogens is 104 g/mol. The summed E-state index contributed by atoms with van der Waals surface area (Å²) in [5.41, 5.74) is 0. The van der Waals surface area contributed by atoms with Gasteiger partial charge in [0.1, 0.15) is 0 Å². The van der Waals surface area contributed by atoms with Crippen molar-refractivity contribution in [3.8, 4) is 0 Å². The molecule has 1 atom stereocenters. The number of aliphatic hydroxyl groups excluding tert-OH is 1. The molecule has 0 radical (unpaired) electrons. The van der Waals surface area contributed by atoms with Gasteiger partial charge in [0.25, 0.3) is 0 Å². The van der Waals surface area contributed by atoms with Crippen LogP contribution in [0.3, 0.4) is 0 Å². The van der Waals surface area contributed by atoms with Crippen LogP contribution in [-0.4, -0.2) is 18.0 Å². The smallest absolute Gasteiger partial charge is 0.151 e. The highest BCUT2D eigenvalue weighted by atomic mass is 16.6. The largest absolute Gasteiger partial charge is 0.368 e. The third-order valence-electron chi connectivity index (χ3n) is 0.671. The van der Waals surface area contributed by atoms with Crippen molar-refractivity contribution in [3.05, 3.63) is 0 Å². The molecule has 1 unspecified atom stereocenters. The first-order valence-corrected chi connectivity index (χ1v) is 2.92. The van der Waals surface area contributed by atoms with E-state index in [-0.39, 0.29) is 0 Å². The van der Waals surface area contributed by atoms with Gasteiger partial charge in [0.05, 0.1) is 6.61 Å². The van der Waals surface area contributed by atoms with Crippen LogP contribution in [0.15, 0.2) is 0 Å². The number of ether oxygens (including phenoxy) is 1. The highest BCUT2D eigenvalue weighted by Crippen LogP contribution is 1.93. The Morgan fingerprint density at radius 3 is 2.00 bits per heavy atom. The normalized spacial score (nSPS) is 14.6. The molecular formula is C6H14O2.